The molecule has 3 nitrogen and oxygen atoms in total. The minimum Gasteiger partial charge on any atom is -0.357 e. The van der Waals surface area contributed by atoms with E-state index in [-0.39, 0.29) is 11.0 Å². The summed E-state index contributed by atoms with van der Waals surface area (Å²) in [5.74, 6) is 0. The lowest BCUT2D eigenvalue weighted by molar-refractivity contribution is -0.0781. The summed E-state index contributed by atoms with van der Waals surface area (Å²) < 4.78 is 6.05. The van der Waals surface area contributed by atoms with E-state index < -0.39 is 0 Å². The average molecular weight is 317 g/mol. The molecule has 2 rings (SSSR count). The minimum atomic E-state index is 0.118. The maximum absolute atomic E-state index is 8.87. The Morgan fingerprint density at radius 1 is 1.76 bits per heavy atom. The summed E-state index contributed by atoms with van der Waals surface area (Å²) in [6.07, 6.45) is 5.15. The summed E-state index contributed by atoms with van der Waals surface area (Å²) in [4.78, 5) is 2.26. The molecule has 17 heavy (non-hydrogen) atoms. The van der Waals surface area contributed by atoms with E-state index in [0.29, 0.717) is 0 Å². The SMILES string of the molecule is C[C@]12CCCO[C@H]1N(CCCBr)/C(=C/C#N)S2. The predicted molar refractivity (Wildman–Crippen MR) is 73.8 cm³/mol. The van der Waals surface area contributed by atoms with Gasteiger partial charge in [-0.05, 0) is 26.2 Å². The van der Waals surface area contributed by atoms with E-state index in [1.54, 1.807) is 17.8 Å². The summed E-state index contributed by atoms with van der Waals surface area (Å²) >= 11 is 5.26. The van der Waals surface area contributed by atoms with Gasteiger partial charge in [-0.25, -0.2) is 0 Å². The van der Waals surface area contributed by atoms with Gasteiger partial charge in [0.2, 0.25) is 0 Å². The first-order valence-electron chi connectivity index (χ1n) is 5.94. The number of hydrogen-bond donors (Lipinski definition) is 0. The van der Waals surface area contributed by atoms with Crippen LogP contribution in [0.5, 0.6) is 0 Å². The van der Waals surface area contributed by atoms with Crippen molar-refractivity contribution < 1.29 is 4.74 Å². The van der Waals surface area contributed by atoms with E-state index >= 15 is 0 Å². The summed E-state index contributed by atoms with van der Waals surface area (Å²) in [6.45, 7) is 4.04. The molecule has 0 aliphatic carbocycles. The van der Waals surface area contributed by atoms with Crippen molar-refractivity contribution in [2.24, 2.45) is 0 Å². The quantitative estimate of drug-likeness (QED) is 0.592. The van der Waals surface area contributed by atoms with Gasteiger partial charge in [0.05, 0.1) is 15.8 Å². The maximum atomic E-state index is 8.87. The van der Waals surface area contributed by atoms with Gasteiger partial charge in [0.1, 0.15) is 6.23 Å². The summed E-state index contributed by atoms with van der Waals surface area (Å²) in [6, 6.07) is 2.15. The fourth-order valence-electron chi connectivity index (χ4n) is 2.48. The van der Waals surface area contributed by atoms with Gasteiger partial charge in [-0.15, -0.1) is 0 Å². The van der Waals surface area contributed by atoms with Gasteiger partial charge in [0.25, 0.3) is 0 Å². The van der Waals surface area contributed by atoms with E-state index in [2.05, 4.69) is 33.8 Å². The van der Waals surface area contributed by atoms with Gasteiger partial charge >= 0.3 is 0 Å². The third-order valence-corrected chi connectivity index (χ3v) is 5.23. The number of fused-ring (bicyclic) bond motifs is 1. The van der Waals surface area contributed by atoms with Gasteiger partial charge in [0, 0.05) is 24.6 Å². The largest absolute Gasteiger partial charge is 0.357 e. The Labute approximate surface area is 115 Å². The van der Waals surface area contributed by atoms with Crippen molar-refractivity contribution in [1.82, 2.24) is 4.90 Å². The molecule has 0 saturated carbocycles. The van der Waals surface area contributed by atoms with Crippen molar-refractivity contribution in [2.45, 2.75) is 37.2 Å². The highest BCUT2D eigenvalue weighted by atomic mass is 79.9. The Bertz CT molecular complexity index is 355. The Balaban J connectivity index is 2.19. The molecule has 5 heteroatoms. The molecule has 2 aliphatic heterocycles. The molecule has 0 amide bonds. The van der Waals surface area contributed by atoms with Crippen LogP contribution in [0.4, 0.5) is 0 Å². The van der Waals surface area contributed by atoms with E-state index in [0.717, 1.165) is 42.8 Å². The van der Waals surface area contributed by atoms with Gasteiger partial charge in [-0.3, -0.25) is 0 Å². The smallest absolute Gasteiger partial charge is 0.145 e. The van der Waals surface area contributed by atoms with Crippen LogP contribution in [-0.2, 0) is 4.74 Å². The van der Waals surface area contributed by atoms with Crippen LogP contribution in [0.2, 0.25) is 0 Å². The first-order chi connectivity index (χ1) is 8.21. The minimum absolute atomic E-state index is 0.118. The molecule has 2 saturated heterocycles. The molecule has 2 heterocycles. The number of rotatable bonds is 3. The molecule has 2 aliphatic rings. The van der Waals surface area contributed by atoms with Crippen molar-refractivity contribution in [3.63, 3.8) is 0 Å². The molecular weight excluding hydrogens is 300 g/mol. The van der Waals surface area contributed by atoms with Crippen molar-refractivity contribution >= 4 is 27.7 Å². The predicted octanol–water partition coefficient (Wildman–Crippen LogP) is 3.08. The maximum Gasteiger partial charge on any atom is 0.145 e. The number of thioether (sulfide) groups is 1. The molecular formula is C12H17BrN2OS. The van der Waals surface area contributed by atoms with Gasteiger partial charge in [-0.2, -0.15) is 5.26 Å². The topological polar surface area (TPSA) is 36.3 Å². The number of nitriles is 1. The lowest BCUT2D eigenvalue weighted by atomic mass is 9.99. The molecule has 94 valence electrons. The van der Waals surface area contributed by atoms with Crippen molar-refractivity contribution in [3.8, 4) is 6.07 Å². The van der Waals surface area contributed by atoms with Crippen LogP contribution in [0.25, 0.3) is 0 Å². The van der Waals surface area contributed by atoms with E-state index in [9.17, 15) is 0 Å². The number of hydrogen-bond acceptors (Lipinski definition) is 4. The highest BCUT2D eigenvalue weighted by Crippen LogP contribution is 2.51. The van der Waals surface area contributed by atoms with Gasteiger partial charge in [0.15, 0.2) is 0 Å². The number of ether oxygens (including phenoxy) is 1. The Hall–Kier alpha value is -0.180. The Kier molecular flexibility index (Phi) is 4.40. The molecule has 0 aromatic heterocycles. The molecule has 0 aromatic rings. The number of halogens is 1. The zero-order chi connectivity index (χ0) is 12.3. The summed E-state index contributed by atoms with van der Waals surface area (Å²) in [5.41, 5.74) is 0. The van der Waals surface area contributed by atoms with Crippen LogP contribution in [0.3, 0.4) is 0 Å². The molecule has 0 unspecified atom stereocenters. The Morgan fingerprint density at radius 3 is 3.29 bits per heavy atom. The first kappa shape index (κ1) is 13.3. The van der Waals surface area contributed by atoms with Gasteiger partial charge in [-0.1, -0.05) is 27.7 Å². The van der Waals surface area contributed by atoms with E-state index in [1.165, 1.54) is 0 Å². The number of allylic oxidation sites excluding steroid dienone is 1. The zero-order valence-corrected chi connectivity index (χ0v) is 12.4. The second-order valence-electron chi connectivity index (χ2n) is 4.59. The average Bonchev–Trinajstić information content (AvgIpc) is 2.59. The molecule has 2 atom stereocenters. The third-order valence-electron chi connectivity index (χ3n) is 3.24. The normalized spacial score (nSPS) is 34.8. The fourth-order valence-corrected chi connectivity index (χ4v) is 4.16. The van der Waals surface area contributed by atoms with Crippen LogP contribution in [0.1, 0.15) is 26.2 Å². The highest BCUT2D eigenvalue weighted by Gasteiger charge is 2.49. The lowest BCUT2D eigenvalue weighted by Gasteiger charge is -2.38. The van der Waals surface area contributed by atoms with Crippen LogP contribution >= 0.6 is 27.7 Å². The second kappa shape index (κ2) is 5.64. The highest BCUT2D eigenvalue weighted by molar-refractivity contribution is 9.09. The molecule has 2 fully saturated rings. The van der Waals surface area contributed by atoms with Crippen LogP contribution < -0.4 is 0 Å². The van der Waals surface area contributed by atoms with Crippen molar-refractivity contribution in [1.29, 1.82) is 5.26 Å². The van der Waals surface area contributed by atoms with E-state index in [1.807, 2.05) is 0 Å². The molecule has 0 N–H and O–H groups in total. The molecule has 0 bridgehead atoms. The van der Waals surface area contributed by atoms with Crippen molar-refractivity contribution in [3.05, 3.63) is 11.1 Å². The van der Waals surface area contributed by atoms with Crippen LogP contribution in [-0.4, -0.2) is 34.4 Å². The van der Waals surface area contributed by atoms with Gasteiger partial charge < -0.3 is 9.64 Å². The van der Waals surface area contributed by atoms with Crippen LogP contribution in [0, 0.1) is 11.3 Å². The molecule has 0 aromatic carbocycles. The summed E-state index contributed by atoms with van der Waals surface area (Å²) in [5, 5.41) is 10.9. The van der Waals surface area contributed by atoms with Crippen molar-refractivity contribution in [2.75, 3.05) is 18.5 Å². The fraction of sp³-hybridized carbons (Fsp3) is 0.750. The van der Waals surface area contributed by atoms with Crippen LogP contribution in [0.15, 0.2) is 11.1 Å². The summed E-state index contributed by atoms with van der Waals surface area (Å²) in [7, 11) is 0. The zero-order valence-electron chi connectivity index (χ0n) is 9.99. The molecule has 0 radical (unpaired) electrons. The lowest BCUT2D eigenvalue weighted by Crippen LogP contribution is -2.47. The first-order valence-corrected chi connectivity index (χ1v) is 7.88. The molecule has 0 spiro atoms. The third kappa shape index (κ3) is 2.64. The number of alkyl halides is 1. The Morgan fingerprint density at radius 2 is 2.59 bits per heavy atom. The monoisotopic (exact) mass is 316 g/mol. The standard InChI is InChI=1S/C12H17BrN2OS/c1-12-5-2-9-16-11(12)15(8-3-6-13)10(17-12)4-7-14/h4,11H,2-3,5-6,8-9H2,1H3/b10-4-/t11-,12+/m1/s1. The second-order valence-corrected chi connectivity index (χ2v) is 6.94. The number of nitrogens with zero attached hydrogens (tertiary/aromatic N) is 2. The van der Waals surface area contributed by atoms with E-state index in [4.69, 9.17) is 10.00 Å².